The highest BCUT2D eigenvalue weighted by atomic mass is 16.3. The molecule has 0 unspecified atom stereocenters. The fraction of sp³-hybridized carbons (Fsp3) is 0.167. The van der Waals surface area contributed by atoms with Crippen LogP contribution in [0.3, 0.4) is 0 Å². The summed E-state index contributed by atoms with van der Waals surface area (Å²) >= 11 is 0. The lowest BCUT2D eigenvalue weighted by atomic mass is 10.00. The van der Waals surface area contributed by atoms with E-state index < -0.39 is 0 Å². The molecule has 3 rings (SSSR count). The van der Waals surface area contributed by atoms with Gasteiger partial charge in [0.1, 0.15) is 0 Å². The number of benzene rings is 3. The van der Waals surface area contributed by atoms with E-state index in [-0.39, 0.29) is 12.6 Å². The Bertz CT molecular complexity index is 957. The van der Waals surface area contributed by atoms with Gasteiger partial charge in [-0.25, -0.2) is 0 Å². The zero-order chi connectivity index (χ0) is 18.2. The maximum absolute atomic E-state index is 9.31. The van der Waals surface area contributed by atoms with Gasteiger partial charge in [0, 0.05) is 18.2 Å². The monoisotopic (exact) mass is 341 g/mol. The Balaban J connectivity index is 1.60. The van der Waals surface area contributed by atoms with Crippen LogP contribution < -0.4 is 5.32 Å². The maximum Gasteiger partial charge on any atom is 0.0694 e. The van der Waals surface area contributed by atoms with Crippen LogP contribution in [-0.2, 0) is 6.61 Å². The van der Waals surface area contributed by atoms with Gasteiger partial charge in [0.2, 0.25) is 0 Å². The first-order valence-corrected chi connectivity index (χ1v) is 8.86. The molecule has 0 aliphatic heterocycles. The van der Waals surface area contributed by atoms with Gasteiger partial charge >= 0.3 is 0 Å². The van der Waals surface area contributed by atoms with Crippen molar-refractivity contribution >= 4 is 10.8 Å². The van der Waals surface area contributed by atoms with E-state index in [1.807, 2.05) is 36.4 Å². The van der Waals surface area contributed by atoms with Crippen molar-refractivity contribution < 1.29 is 5.11 Å². The number of rotatable bonds is 5. The molecule has 0 saturated heterocycles. The van der Waals surface area contributed by atoms with Gasteiger partial charge in [-0.05, 0) is 41.0 Å². The van der Waals surface area contributed by atoms with Crippen LogP contribution in [0.15, 0.2) is 78.9 Å². The minimum Gasteiger partial charge on any atom is -0.392 e. The molecular weight excluding hydrogens is 318 g/mol. The molecule has 0 aromatic heterocycles. The highest BCUT2D eigenvalue weighted by Gasteiger charge is 2.07. The number of hydrogen-bond acceptors (Lipinski definition) is 2. The molecule has 26 heavy (non-hydrogen) atoms. The van der Waals surface area contributed by atoms with E-state index in [1.54, 1.807) is 0 Å². The normalized spacial score (nSPS) is 12.1. The number of fused-ring (bicyclic) bond motifs is 1. The van der Waals surface area contributed by atoms with Crippen LogP contribution in [0, 0.1) is 11.8 Å². The van der Waals surface area contributed by atoms with Crippen molar-refractivity contribution in [2.75, 3.05) is 6.54 Å². The van der Waals surface area contributed by atoms with Gasteiger partial charge < -0.3 is 10.4 Å². The molecule has 0 aliphatic rings. The molecule has 130 valence electrons. The Morgan fingerprint density at radius 3 is 2.65 bits per heavy atom. The smallest absolute Gasteiger partial charge is 0.0694 e. The number of allylic oxidation sites excluding steroid dienone is 1. The second-order valence-electron chi connectivity index (χ2n) is 6.19. The molecule has 0 fully saturated rings. The van der Waals surface area contributed by atoms with Crippen molar-refractivity contribution in [1.29, 1.82) is 0 Å². The van der Waals surface area contributed by atoms with Gasteiger partial charge in [0.25, 0.3) is 0 Å². The van der Waals surface area contributed by atoms with E-state index in [4.69, 9.17) is 0 Å². The lowest BCUT2D eigenvalue weighted by molar-refractivity contribution is 0.281. The molecule has 0 aliphatic carbocycles. The molecule has 0 spiro atoms. The second kappa shape index (κ2) is 9.01. The Labute approximate surface area is 155 Å². The third-order valence-electron chi connectivity index (χ3n) is 4.43. The summed E-state index contributed by atoms with van der Waals surface area (Å²) in [6, 6.07) is 22.8. The third-order valence-corrected chi connectivity index (χ3v) is 4.43. The summed E-state index contributed by atoms with van der Waals surface area (Å²) in [5.74, 6) is 6.12. The zero-order valence-corrected chi connectivity index (χ0v) is 14.9. The molecule has 3 aromatic rings. The first-order chi connectivity index (χ1) is 12.8. The molecule has 1 atom stereocenters. The average molecular weight is 341 g/mol. The Morgan fingerprint density at radius 2 is 1.77 bits per heavy atom. The first-order valence-electron chi connectivity index (χ1n) is 8.86. The minimum absolute atomic E-state index is 0.0126. The van der Waals surface area contributed by atoms with Crippen molar-refractivity contribution in [3.8, 4) is 11.8 Å². The quantitative estimate of drug-likeness (QED) is 0.665. The Kier molecular flexibility index (Phi) is 6.22. The average Bonchev–Trinajstić information content (AvgIpc) is 2.70. The van der Waals surface area contributed by atoms with Gasteiger partial charge in [-0.2, -0.15) is 0 Å². The van der Waals surface area contributed by atoms with E-state index in [0.717, 1.165) is 17.7 Å². The molecule has 2 N–H and O–H groups in total. The van der Waals surface area contributed by atoms with Crippen LogP contribution in [0.25, 0.3) is 10.8 Å². The van der Waals surface area contributed by atoms with Crippen LogP contribution in [0.4, 0.5) is 0 Å². The molecule has 2 heteroatoms. The van der Waals surface area contributed by atoms with E-state index in [2.05, 4.69) is 66.5 Å². The summed E-state index contributed by atoms with van der Waals surface area (Å²) in [6.45, 7) is 2.94. The summed E-state index contributed by atoms with van der Waals surface area (Å²) in [7, 11) is 0. The molecule has 0 heterocycles. The van der Waals surface area contributed by atoms with E-state index in [1.165, 1.54) is 16.3 Å². The van der Waals surface area contributed by atoms with E-state index in [9.17, 15) is 5.11 Å². The Morgan fingerprint density at radius 1 is 1.00 bits per heavy atom. The van der Waals surface area contributed by atoms with Crippen LogP contribution in [-0.4, -0.2) is 11.7 Å². The molecule has 0 bridgehead atoms. The highest BCUT2D eigenvalue weighted by molar-refractivity contribution is 5.86. The van der Waals surface area contributed by atoms with Gasteiger partial charge in [-0.3, -0.25) is 0 Å². The molecule has 0 radical (unpaired) electrons. The predicted octanol–water partition coefficient (Wildman–Crippen LogP) is 4.59. The summed E-state index contributed by atoms with van der Waals surface area (Å²) in [4.78, 5) is 0. The lowest BCUT2D eigenvalue weighted by Crippen LogP contribution is -2.18. The fourth-order valence-corrected chi connectivity index (χ4v) is 3.00. The second-order valence-corrected chi connectivity index (χ2v) is 6.19. The van der Waals surface area contributed by atoms with Crippen molar-refractivity contribution in [2.24, 2.45) is 0 Å². The third kappa shape index (κ3) is 4.40. The van der Waals surface area contributed by atoms with Gasteiger partial charge in [-0.15, -0.1) is 0 Å². The van der Waals surface area contributed by atoms with Gasteiger partial charge in [-0.1, -0.05) is 78.6 Å². The fourth-order valence-electron chi connectivity index (χ4n) is 3.00. The first kappa shape index (κ1) is 17.9. The highest BCUT2D eigenvalue weighted by Crippen LogP contribution is 2.23. The van der Waals surface area contributed by atoms with Crippen LogP contribution in [0.1, 0.15) is 29.7 Å². The summed E-state index contributed by atoms with van der Waals surface area (Å²) in [6.07, 6.45) is 3.88. The maximum atomic E-state index is 9.31. The predicted molar refractivity (Wildman–Crippen MR) is 109 cm³/mol. The summed E-state index contributed by atoms with van der Waals surface area (Å²) in [5, 5.41) is 15.4. The topological polar surface area (TPSA) is 32.3 Å². The van der Waals surface area contributed by atoms with Crippen molar-refractivity contribution in [3.63, 3.8) is 0 Å². The van der Waals surface area contributed by atoms with Crippen LogP contribution in [0.2, 0.25) is 0 Å². The van der Waals surface area contributed by atoms with Crippen LogP contribution >= 0.6 is 0 Å². The lowest BCUT2D eigenvalue weighted by Gasteiger charge is -2.15. The zero-order valence-electron chi connectivity index (χ0n) is 14.9. The number of hydrogen-bond donors (Lipinski definition) is 2. The standard InChI is InChI=1S/C24H23NO/c1-19(23-16-9-14-21-12-6-7-15-24(21)23)25-17-8-2-3-10-20-11-4-5-13-22(20)18-26/h2,4-9,11-16,19,25-26H,17-18H2,1H3/b8-2+/t19-/m1/s1. The van der Waals surface area contributed by atoms with Crippen molar-refractivity contribution in [2.45, 2.75) is 19.6 Å². The van der Waals surface area contributed by atoms with Crippen molar-refractivity contribution in [3.05, 3.63) is 95.6 Å². The van der Waals surface area contributed by atoms with Crippen LogP contribution in [0.5, 0.6) is 0 Å². The summed E-state index contributed by atoms with van der Waals surface area (Å²) in [5.41, 5.74) is 3.03. The van der Waals surface area contributed by atoms with E-state index >= 15 is 0 Å². The SMILES string of the molecule is C[C@@H](NC/C=C/C#Cc1ccccc1CO)c1cccc2ccccc12. The van der Waals surface area contributed by atoms with E-state index in [0.29, 0.717) is 0 Å². The van der Waals surface area contributed by atoms with Crippen molar-refractivity contribution in [1.82, 2.24) is 5.32 Å². The number of nitrogens with one attached hydrogen (secondary N) is 1. The van der Waals surface area contributed by atoms with Gasteiger partial charge in [0.15, 0.2) is 0 Å². The Hall–Kier alpha value is -2.86. The molecule has 3 aromatic carbocycles. The molecule has 0 saturated carbocycles. The van der Waals surface area contributed by atoms with Gasteiger partial charge in [0.05, 0.1) is 6.61 Å². The number of aliphatic hydroxyl groups is 1. The number of aliphatic hydroxyl groups excluding tert-OH is 1. The molecular formula is C24H23NO. The minimum atomic E-state index is 0.0126. The molecule has 0 amide bonds. The molecule has 2 nitrogen and oxygen atoms in total. The summed E-state index contributed by atoms with van der Waals surface area (Å²) < 4.78 is 0. The largest absolute Gasteiger partial charge is 0.392 e.